The lowest BCUT2D eigenvalue weighted by Gasteiger charge is -2.17. The van der Waals surface area contributed by atoms with E-state index >= 15 is 0 Å². The van der Waals surface area contributed by atoms with Gasteiger partial charge in [0.15, 0.2) is 18.9 Å². The van der Waals surface area contributed by atoms with Crippen molar-refractivity contribution in [3.63, 3.8) is 0 Å². The van der Waals surface area contributed by atoms with Crippen molar-refractivity contribution in [1.29, 1.82) is 0 Å². The maximum absolute atomic E-state index is 13.4. The van der Waals surface area contributed by atoms with Crippen LogP contribution in [0.3, 0.4) is 0 Å². The second kappa shape index (κ2) is 8.34. The number of hydrogen-bond acceptors (Lipinski definition) is 6. The predicted molar refractivity (Wildman–Crippen MR) is 97.0 cm³/mol. The van der Waals surface area contributed by atoms with Gasteiger partial charge >= 0.3 is 18.1 Å². The van der Waals surface area contributed by atoms with Crippen LogP contribution in [0, 0.1) is 0 Å². The lowest BCUT2D eigenvalue weighted by Crippen LogP contribution is -2.32. The summed E-state index contributed by atoms with van der Waals surface area (Å²) < 4.78 is 74.0. The first-order valence-electron chi connectivity index (χ1n) is 8.57. The smallest absolute Gasteiger partial charge is 0.422 e. The van der Waals surface area contributed by atoms with Crippen molar-refractivity contribution in [3.8, 4) is 17.4 Å². The normalized spacial score (nSPS) is 12.2. The third-order valence-corrected chi connectivity index (χ3v) is 3.87. The summed E-state index contributed by atoms with van der Waals surface area (Å²) in [5, 5.41) is 8.63. The number of halogens is 5. The van der Waals surface area contributed by atoms with E-state index in [1.54, 1.807) is 0 Å². The van der Waals surface area contributed by atoms with Crippen LogP contribution in [0.25, 0.3) is 16.7 Å². The summed E-state index contributed by atoms with van der Waals surface area (Å²) in [6.45, 7) is -4.38. The Hall–Kier alpha value is -3.48. The van der Waals surface area contributed by atoms with Crippen molar-refractivity contribution in [1.82, 2.24) is 14.5 Å². The predicted octanol–water partition coefficient (Wildman–Crippen LogP) is 2.02. The van der Waals surface area contributed by atoms with Gasteiger partial charge < -0.3 is 19.6 Å². The lowest BCUT2D eigenvalue weighted by atomic mass is 10.2. The number of rotatable bonds is 7. The number of alkyl halides is 5. The van der Waals surface area contributed by atoms with Gasteiger partial charge in [-0.05, 0) is 30.3 Å². The second-order valence-electron chi connectivity index (χ2n) is 6.32. The highest BCUT2D eigenvalue weighted by Crippen LogP contribution is 2.23. The van der Waals surface area contributed by atoms with Crippen LogP contribution in [0.4, 0.5) is 22.0 Å². The molecule has 0 saturated heterocycles. The Morgan fingerprint density at radius 2 is 1.65 bits per heavy atom. The second-order valence-corrected chi connectivity index (χ2v) is 6.32. The Bertz CT molecular complexity index is 1190. The van der Waals surface area contributed by atoms with Crippen LogP contribution in [0.1, 0.15) is 0 Å². The Labute approximate surface area is 169 Å². The fraction of sp³-hybridized carbons (Fsp3) is 0.278. The van der Waals surface area contributed by atoms with Crippen LogP contribution in [-0.4, -0.2) is 51.6 Å². The van der Waals surface area contributed by atoms with Crippen molar-refractivity contribution in [3.05, 3.63) is 57.1 Å². The minimum absolute atomic E-state index is 0.0206. The number of aromatic nitrogens is 3. The third kappa shape index (κ3) is 5.36. The number of nitrogens with zero attached hydrogens (tertiary/aromatic N) is 2. The van der Waals surface area contributed by atoms with E-state index in [0.717, 1.165) is 22.8 Å². The van der Waals surface area contributed by atoms with Gasteiger partial charge in [0.05, 0.1) is 11.1 Å². The molecule has 0 saturated carbocycles. The number of aromatic amines is 1. The Balaban J connectivity index is 2.05. The zero-order valence-corrected chi connectivity index (χ0v) is 15.4. The molecule has 0 spiro atoms. The molecule has 0 fully saturated rings. The Morgan fingerprint density at radius 1 is 0.968 bits per heavy atom. The van der Waals surface area contributed by atoms with Crippen LogP contribution in [0.5, 0.6) is 11.8 Å². The lowest BCUT2D eigenvalue weighted by molar-refractivity contribution is -0.153. The standard InChI is InChI=1S/C18H14F5N3O5/c19-17(20,7-27)8-31-16-25-14-12(5-6-13(28)24-14)15(29)26(16)10-1-3-11(4-2-10)30-9-18(21,22)23/h1-6,27H,7-9H2,(H,24,28). The molecule has 3 rings (SSSR count). The molecule has 8 nitrogen and oxygen atoms in total. The molecular formula is C18H14F5N3O5. The molecule has 13 heteroatoms. The van der Waals surface area contributed by atoms with Gasteiger partial charge in [0.25, 0.3) is 5.56 Å². The molecule has 3 aromatic rings. The van der Waals surface area contributed by atoms with E-state index in [9.17, 15) is 31.5 Å². The van der Waals surface area contributed by atoms with E-state index in [1.807, 2.05) is 0 Å². The summed E-state index contributed by atoms with van der Waals surface area (Å²) in [5.74, 6) is -3.79. The highest BCUT2D eigenvalue weighted by atomic mass is 19.4. The fourth-order valence-electron chi connectivity index (χ4n) is 2.47. The molecule has 2 aromatic heterocycles. The molecule has 0 aliphatic carbocycles. The van der Waals surface area contributed by atoms with E-state index in [-0.39, 0.29) is 22.5 Å². The van der Waals surface area contributed by atoms with Crippen molar-refractivity contribution < 1.29 is 36.5 Å². The minimum Gasteiger partial charge on any atom is -0.484 e. The molecule has 31 heavy (non-hydrogen) atoms. The van der Waals surface area contributed by atoms with Gasteiger partial charge in [0.1, 0.15) is 12.4 Å². The van der Waals surface area contributed by atoms with Gasteiger partial charge in [0, 0.05) is 6.07 Å². The monoisotopic (exact) mass is 447 g/mol. The van der Waals surface area contributed by atoms with E-state index in [4.69, 9.17) is 9.84 Å². The molecule has 0 aliphatic rings. The molecular weight excluding hydrogens is 433 g/mol. The zero-order valence-electron chi connectivity index (χ0n) is 15.4. The highest BCUT2D eigenvalue weighted by Gasteiger charge is 2.30. The minimum atomic E-state index is -4.55. The molecule has 0 radical (unpaired) electrons. The first kappa shape index (κ1) is 22.2. The van der Waals surface area contributed by atoms with Crippen LogP contribution in [0.15, 0.2) is 46.0 Å². The Morgan fingerprint density at radius 3 is 2.26 bits per heavy atom. The zero-order chi connectivity index (χ0) is 22.8. The van der Waals surface area contributed by atoms with Crippen molar-refractivity contribution in [2.75, 3.05) is 19.8 Å². The van der Waals surface area contributed by atoms with Gasteiger partial charge in [-0.15, -0.1) is 0 Å². The van der Waals surface area contributed by atoms with Gasteiger partial charge in [-0.3, -0.25) is 9.59 Å². The summed E-state index contributed by atoms with van der Waals surface area (Å²) in [4.78, 5) is 30.6. The topological polar surface area (TPSA) is 106 Å². The number of nitrogens with one attached hydrogen (secondary N) is 1. The Kier molecular flexibility index (Phi) is 5.97. The molecule has 0 bridgehead atoms. The summed E-state index contributed by atoms with van der Waals surface area (Å²) in [6.07, 6.45) is -4.55. The average molecular weight is 447 g/mol. The number of hydrogen-bond donors (Lipinski definition) is 2. The number of benzene rings is 1. The number of fused-ring (bicyclic) bond motifs is 1. The van der Waals surface area contributed by atoms with Crippen LogP contribution in [0.2, 0.25) is 0 Å². The van der Waals surface area contributed by atoms with E-state index in [1.165, 1.54) is 18.2 Å². The third-order valence-electron chi connectivity index (χ3n) is 3.87. The maximum atomic E-state index is 13.4. The number of pyridine rings is 1. The molecule has 2 N–H and O–H groups in total. The van der Waals surface area contributed by atoms with Crippen molar-refractivity contribution in [2.45, 2.75) is 12.1 Å². The number of ether oxygens (including phenoxy) is 2. The maximum Gasteiger partial charge on any atom is 0.422 e. The quantitative estimate of drug-likeness (QED) is 0.537. The van der Waals surface area contributed by atoms with Crippen LogP contribution >= 0.6 is 0 Å². The first-order chi connectivity index (χ1) is 14.5. The van der Waals surface area contributed by atoms with Gasteiger partial charge in [-0.1, -0.05) is 0 Å². The van der Waals surface area contributed by atoms with E-state index in [0.29, 0.717) is 0 Å². The van der Waals surface area contributed by atoms with Crippen molar-refractivity contribution in [2.24, 2.45) is 0 Å². The fourth-order valence-corrected chi connectivity index (χ4v) is 2.47. The average Bonchev–Trinajstić information content (AvgIpc) is 2.70. The number of aliphatic hydroxyl groups excluding tert-OH is 1. The number of H-pyrrole nitrogens is 1. The molecule has 0 amide bonds. The number of aliphatic hydroxyl groups is 1. The first-order valence-corrected chi connectivity index (χ1v) is 8.57. The molecule has 166 valence electrons. The SMILES string of the molecule is O=c1ccc2c(=O)n(-c3ccc(OCC(F)(F)F)cc3)c(OCC(F)(F)CO)nc2[nH]1. The van der Waals surface area contributed by atoms with E-state index in [2.05, 4.69) is 14.7 Å². The summed E-state index contributed by atoms with van der Waals surface area (Å²) in [5.41, 5.74) is -1.60. The highest BCUT2D eigenvalue weighted by molar-refractivity contribution is 5.74. The van der Waals surface area contributed by atoms with E-state index < -0.39 is 49.0 Å². The molecule has 0 aliphatic heterocycles. The molecule has 1 aromatic carbocycles. The largest absolute Gasteiger partial charge is 0.484 e. The van der Waals surface area contributed by atoms with Gasteiger partial charge in [-0.25, -0.2) is 13.3 Å². The van der Waals surface area contributed by atoms with Crippen molar-refractivity contribution >= 4 is 11.0 Å². The molecule has 0 unspecified atom stereocenters. The van der Waals surface area contributed by atoms with Crippen LogP contribution in [-0.2, 0) is 0 Å². The molecule has 2 heterocycles. The summed E-state index contributed by atoms with van der Waals surface area (Å²) >= 11 is 0. The summed E-state index contributed by atoms with van der Waals surface area (Å²) in [7, 11) is 0. The molecule has 0 atom stereocenters. The van der Waals surface area contributed by atoms with Crippen LogP contribution < -0.4 is 20.6 Å². The van der Waals surface area contributed by atoms with Gasteiger partial charge in [-0.2, -0.15) is 18.2 Å². The van der Waals surface area contributed by atoms with Gasteiger partial charge in [0.2, 0.25) is 5.56 Å². The summed E-state index contributed by atoms with van der Waals surface area (Å²) in [6, 6.07) is 6.27.